The van der Waals surface area contributed by atoms with Crippen LogP contribution >= 0.6 is 22.7 Å². The van der Waals surface area contributed by atoms with Crippen molar-refractivity contribution in [3.05, 3.63) is 39.0 Å². The van der Waals surface area contributed by atoms with E-state index in [-0.39, 0.29) is 11.9 Å². The number of nitrogens with zero attached hydrogens (tertiary/aromatic N) is 2. The van der Waals surface area contributed by atoms with Gasteiger partial charge in [0.15, 0.2) is 0 Å². The number of nitrogens with one attached hydrogen (secondary N) is 1. The molecule has 118 valence electrons. The molecular weight excluding hydrogens is 321 g/mol. The monoisotopic (exact) mass is 339 g/mol. The molecule has 0 bridgehead atoms. The van der Waals surface area contributed by atoms with E-state index >= 15 is 0 Å². The van der Waals surface area contributed by atoms with Gasteiger partial charge in [0.2, 0.25) is 5.91 Å². The number of hydrogen-bond donors (Lipinski definition) is 1. The van der Waals surface area contributed by atoms with Crippen molar-refractivity contribution < 1.29 is 9.18 Å². The van der Waals surface area contributed by atoms with Crippen molar-refractivity contribution in [1.29, 1.82) is 0 Å². The molecule has 1 fully saturated rings. The van der Waals surface area contributed by atoms with E-state index in [0.717, 1.165) is 9.88 Å². The van der Waals surface area contributed by atoms with Gasteiger partial charge in [0.25, 0.3) is 0 Å². The fourth-order valence-electron chi connectivity index (χ4n) is 2.70. The number of carbonyl (C=O) groups is 1. The van der Waals surface area contributed by atoms with Crippen LogP contribution in [0.3, 0.4) is 0 Å². The fourth-order valence-corrected chi connectivity index (χ4v) is 4.04. The summed E-state index contributed by atoms with van der Waals surface area (Å²) in [6, 6.07) is 3.94. The number of aromatic nitrogens is 1. The summed E-state index contributed by atoms with van der Waals surface area (Å²) in [5, 5.41) is 7.81. The molecule has 0 unspecified atom stereocenters. The van der Waals surface area contributed by atoms with Crippen LogP contribution in [0.1, 0.15) is 16.3 Å². The van der Waals surface area contributed by atoms with Gasteiger partial charge in [-0.05, 0) is 17.9 Å². The first-order chi connectivity index (χ1) is 10.7. The zero-order valence-electron chi connectivity index (χ0n) is 12.1. The Morgan fingerprint density at radius 2 is 2.36 bits per heavy atom. The molecule has 1 N–H and O–H groups in total. The van der Waals surface area contributed by atoms with Crippen LogP contribution < -0.4 is 5.32 Å². The lowest BCUT2D eigenvalue weighted by molar-refractivity contribution is -0.120. The van der Waals surface area contributed by atoms with E-state index in [1.165, 1.54) is 0 Å². The normalized spacial score (nSPS) is 22.0. The molecular formula is C15H18FN3OS2. The molecule has 2 aromatic heterocycles. The highest BCUT2D eigenvalue weighted by Crippen LogP contribution is 2.23. The van der Waals surface area contributed by atoms with Crippen molar-refractivity contribution in [2.75, 3.05) is 13.1 Å². The molecule has 0 saturated carbocycles. The number of likely N-dealkylation sites (tertiary alicyclic amines) is 1. The second kappa shape index (κ2) is 7.30. The van der Waals surface area contributed by atoms with Gasteiger partial charge in [0.1, 0.15) is 11.2 Å². The van der Waals surface area contributed by atoms with Gasteiger partial charge in [-0.15, -0.1) is 22.7 Å². The van der Waals surface area contributed by atoms with E-state index in [9.17, 15) is 9.18 Å². The Morgan fingerprint density at radius 3 is 3.09 bits per heavy atom. The summed E-state index contributed by atoms with van der Waals surface area (Å²) in [4.78, 5) is 19.3. The summed E-state index contributed by atoms with van der Waals surface area (Å²) >= 11 is 3.15. The number of halogens is 1. The summed E-state index contributed by atoms with van der Waals surface area (Å²) in [5.74, 6) is -0.000966. The van der Waals surface area contributed by atoms with Crippen molar-refractivity contribution in [3.63, 3.8) is 0 Å². The third-order valence-corrected chi connectivity index (χ3v) is 5.39. The topological polar surface area (TPSA) is 45.2 Å². The van der Waals surface area contributed by atoms with Gasteiger partial charge >= 0.3 is 0 Å². The Labute approximate surface area is 137 Å². The van der Waals surface area contributed by atoms with Crippen LogP contribution in [0.2, 0.25) is 0 Å². The molecule has 1 amide bonds. The Morgan fingerprint density at radius 1 is 1.45 bits per heavy atom. The second-order valence-corrected chi connectivity index (χ2v) is 7.41. The minimum atomic E-state index is -0.820. The van der Waals surface area contributed by atoms with Crippen molar-refractivity contribution in [2.45, 2.75) is 31.6 Å². The van der Waals surface area contributed by atoms with Crippen molar-refractivity contribution in [3.8, 4) is 0 Å². The average molecular weight is 339 g/mol. The fraction of sp³-hybridized carbons (Fsp3) is 0.467. The Hall–Kier alpha value is -1.31. The van der Waals surface area contributed by atoms with Crippen LogP contribution in [0.15, 0.2) is 29.1 Å². The Balaban J connectivity index is 1.50. The van der Waals surface area contributed by atoms with Gasteiger partial charge < -0.3 is 5.32 Å². The molecule has 0 aromatic carbocycles. The largest absolute Gasteiger partial charge is 0.354 e. The zero-order chi connectivity index (χ0) is 15.4. The Bertz CT molecular complexity index is 588. The molecule has 1 saturated heterocycles. The van der Waals surface area contributed by atoms with Crippen molar-refractivity contribution in [1.82, 2.24) is 15.2 Å². The van der Waals surface area contributed by atoms with Gasteiger partial charge in [0.05, 0.1) is 13.0 Å². The Kier molecular flexibility index (Phi) is 5.17. The van der Waals surface area contributed by atoms with Crippen molar-refractivity contribution in [2.24, 2.45) is 0 Å². The van der Waals surface area contributed by atoms with E-state index in [4.69, 9.17) is 0 Å². The number of hydrogen-bond acceptors (Lipinski definition) is 5. The maximum absolute atomic E-state index is 13.7. The summed E-state index contributed by atoms with van der Waals surface area (Å²) in [5.41, 5.74) is 0. The molecule has 0 radical (unpaired) electrons. The molecule has 0 spiro atoms. The van der Waals surface area contributed by atoms with Gasteiger partial charge in [-0.2, -0.15) is 0 Å². The van der Waals surface area contributed by atoms with Crippen LogP contribution in [0.25, 0.3) is 0 Å². The van der Waals surface area contributed by atoms with Crippen LogP contribution in [0.4, 0.5) is 4.39 Å². The van der Waals surface area contributed by atoms with E-state index in [0.29, 0.717) is 32.5 Å². The first-order valence-electron chi connectivity index (χ1n) is 7.26. The number of thiophene rings is 1. The lowest BCUT2D eigenvalue weighted by Gasteiger charge is -2.23. The van der Waals surface area contributed by atoms with E-state index in [1.807, 2.05) is 22.9 Å². The minimum Gasteiger partial charge on any atom is -0.354 e. The molecule has 7 heteroatoms. The molecule has 4 nitrogen and oxygen atoms in total. The second-order valence-electron chi connectivity index (χ2n) is 5.40. The van der Waals surface area contributed by atoms with Crippen LogP contribution in [0.5, 0.6) is 0 Å². The molecule has 0 aliphatic carbocycles. The lowest BCUT2D eigenvalue weighted by atomic mass is 10.2. The number of alkyl halides is 1. The van der Waals surface area contributed by atoms with E-state index in [1.54, 1.807) is 28.9 Å². The summed E-state index contributed by atoms with van der Waals surface area (Å²) in [6.45, 7) is 1.57. The quantitative estimate of drug-likeness (QED) is 0.879. The number of amides is 1. The smallest absolute Gasteiger partial charge is 0.225 e. The highest BCUT2D eigenvalue weighted by Gasteiger charge is 2.32. The van der Waals surface area contributed by atoms with Gasteiger partial charge in [-0.1, -0.05) is 6.07 Å². The third-order valence-electron chi connectivity index (χ3n) is 3.75. The maximum Gasteiger partial charge on any atom is 0.225 e. The molecule has 22 heavy (non-hydrogen) atoms. The molecule has 1 aliphatic rings. The zero-order valence-corrected chi connectivity index (χ0v) is 13.7. The predicted octanol–water partition coefficient (Wildman–Crippen LogP) is 2.48. The molecule has 3 rings (SSSR count). The standard InChI is InChI=1S/C15H18FN3OS2/c16-11-6-12(19(9-11)10-15-17-3-5-22-15)8-18-14(20)7-13-2-1-4-21-13/h1-5,11-12H,6-10H2,(H,18,20)/t11-,12-/m0/s1. The number of thiazole rings is 1. The highest BCUT2D eigenvalue weighted by atomic mass is 32.1. The van der Waals surface area contributed by atoms with Gasteiger partial charge in [0, 0.05) is 35.6 Å². The number of carbonyl (C=O) groups excluding carboxylic acids is 1. The van der Waals surface area contributed by atoms with Gasteiger partial charge in [-0.3, -0.25) is 9.69 Å². The molecule has 3 heterocycles. The average Bonchev–Trinajstić information content (AvgIpc) is 3.20. The van der Waals surface area contributed by atoms with E-state index in [2.05, 4.69) is 15.2 Å². The van der Waals surface area contributed by atoms with Crippen LogP contribution in [-0.4, -0.2) is 41.1 Å². The summed E-state index contributed by atoms with van der Waals surface area (Å²) < 4.78 is 13.7. The lowest BCUT2D eigenvalue weighted by Crippen LogP contribution is -2.40. The first-order valence-corrected chi connectivity index (χ1v) is 9.02. The third kappa shape index (κ3) is 4.12. The SMILES string of the molecule is O=C(Cc1cccs1)NC[C@@H]1C[C@H](F)CN1Cc1nccs1. The predicted molar refractivity (Wildman–Crippen MR) is 86.9 cm³/mol. The summed E-state index contributed by atoms with van der Waals surface area (Å²) in [6.07, 6.45) is 1.82. The van der Waals surface area contributed by atoms with Gasteiger partial charge in [-0.25, -0.2) is 9.37 Å². The van der Waals surface area contributed by atoms with Crippen LogP contribution in [0, 0.1) is 0 Å². The maximum atomic E-state index is 13.7. The number of rotatable bonds is 6. The van der Waals surface area contributed by atoms with Crippen molar-refractivity contribution >= 4 is 28.6 Å². The molecule has 2 atom stereocenters. The minimum absolute atomic E-state index is 0.000966. The van der Waals surface area contributed by atoms with Crippen LogP contribution in [-0.2, 0) is 17.8 Å². The van der Waals surface area contributed by atoms with E-state index < -0.39 is 6.17 Å². The first kappa shape index (κ1) is 15.6. The summed E-state index contributed by atoms with van der Waals surface area (Å²) in [7, 11) is 0. The molecule has 1 aliphatic heterocycles. The highest BCUT2D eigenvalue weighted by molar-refractivity contribution is 7.10. The molecule has 2 aromatic rings.